The molecule has 0 spiro atoms. The van der Waals surface area contributed by atoms with Crippen LogP contribution in [0.15, 0.2) is 36.7 Å². The van der Waals surface area contributed by atoms with Crippen molar-refractivity contribution in [3.8, 4) is 11.5 Å². The van der Waals surface area contributed by atoms with Gasteiger partial charge in [-0.2, -0.15) is 0 Å². The molecule has 0 bridgehead atoms. The molecule has 1 N–H and O–H groups in total. The standard InChI is InChI=1S/C17H16N4O4/c22-15-8-11(16(23)20-17-18-4-1-5-19-17)10-21(15)12-2-3-13-14(9-12)25-7-6-24-13/h1-5,9,11H,6-8,10H2,(H,18,19,20,23)/t11-/m1/s1. The maximum atomic E-state index is 12.4. The van der Waals surface area contributed by atoms with E-state index in [0.29, 0.717) is 36.9 Å². The summed E-state index contributed by atoms with van der Waals surface area (Å²) in [5.41, 5.74) is 0.695. The maximum absolute atomic E-state index is 12.4. The minimum Gasteiger partial charge on any atom is -0.486 e. The molecule has 0 radical (unpaired) electrons. The predicted octanol–water partition coefficient (Wildman–Crippen LogP) is 1.24. The number of carbonyl (C=O) groups is 2. The second-order valence-corrected chi connectivity index (χ2v) is 5.80. The molecule has 2 aromatic rings. The smallest absolute Gasteiger partial charge is 0.232 e. The number of benzene rings is 1. The van der Waals surface area contributed by atoms with Crippen molar-refractivity contribution >= 4 is 23.5 Å². The van der Waals surface area contributed by atoms with E-state index in [1.165, 1.54) is 0 Å². The first-order valence-corrected chi connectivity index (χ1v) is 7.98. The number of nitrogens with zero attached hydrogens (tertiary/aromatic N) is 3. The van der Waals surface area contributed by atoms with Crippen LogP contribution in [0.4, 0.5) is 11.6 Å². The van der Waals surface area contributed by atoms with Crippen molar-refractivity contribution in [2.75, 3.05) is 30.0 Å². The van der Waals surface area contributed by atoms with Gasteiger partial charge in [0.25, 0.3) is 0 Å². The molecule has 3 heterocycles. The first-order valence-electron chi connectivity index (χ1n) is 7.98. The lowest BCUT2D eigenvalue weighted by molar-refractivity contribution is -0.122. The Bertz CT molecular complexity index is 812. The Morgan fingerprint density at radius 2 is 1.92 bits per heavy atom. The van der Waals surface area contributed by atoms with Gasteiger partial charge in [0.05, 0.1) is 5.92 Å². The fraction of sp³-hybridized carbons (Fsp3) is 0.294. The molecular formula is C17H16N4O4. The fourth-order valence-corrected chi connectivity index (χ4v) is 2.91. The molecular weight excluding hydrogens is 324 g/mol. The van der Waals surface area contributed by atoms with Crippen LogP contribution in [-0.2, 0) is 9.59 Å². The molecule has 128 valence electrons. The van der Waals surface area contributed by atoms with E-state index >= 15 is 0 Å². The lowest BCUT2D eigenvalue weighted by Gasteiger charge is -2.22. The van der Waals surface area contributed by atoms with Gasteiger partial charge in [-0.3, -0.25) is 14.9 Å². The van der Waals surface area contributed by atoms with Gasteiger partial charge < -0.3 is 14.4 Å². The Hall–Kier alpha value is -3.16. The minimum atomic E-state index is -0.454. The highest BCUT2D eigenvalue weighted by Gasteiger charge is 2.35. The second kappa shape index (κ2) is 6.39. The highest BCUT2D eigenvalue weighted by molar-refractivity contribution is 6.03. The van der Waals surface area contributed by atoms with E-state index in [-0.39, 0.29) is 24.2 Å². The number of fused-ring (bicyclic) bond motifs is 1. The Kier molecular flexibility index (Phi) is 3.93. The van der Waals surface area contributed by atoms with Gasteiger partial charge in [-0.1, -0.05) is 0 Å². The van der Waals surface area contributed by atoms with E-state index in [2.05, 4.69) is 15.3 Å². The van der Waals surface area contributed by atoms with Gasteiger partial charge in [0, 0.05) is 37.1 Å². The van der Waals surface area contributed by atoms with Crippen molar-refractivity contribution < 1.29 is 19.1 Å². The molecule has 1 saturated heterocycles. The van der Waals surface area contributed by atoms with E-state index in [9.17, 15) is 9.59 Å². The summed E-state index contributed by atoms with van der Waals surface area (Å²) in [6.07, 6.45) is 3.24. The largest absolute Gasteiger partial charge is 0.486 e. The Labute approximate surface area is 143 Å². The average molecular weight is 340 g/mol. The molecule has 2 aliphatic heterocycles. The molecule has 0 unspecified atom stereocenters. The number of anilines is 2. The number of amides is 2. The van der Waals surface area contributed by atoms with Crippen molar-refractivity contribution in [3.63, 3.8) is 0 Å². The summed E-state index contributed by atoms with van der Waals surface area (Å²) in [7, 11) is 0. The van der Waals surface area contributed by atoms with Crippen molar-refractivity contribution in [3.05, 3.63) is 36.7 Å². The van der Waals surface area contributed by atoms with Crippen LogP contribution in [0.3, 0.4) is 0 Å². The topological polar surface area (TPSA) is 93.7 Å². The molecule has 1 aromatic carbocycles. The molecule has 1 aromatic heterocycles. The first-order chi connectivity index (χ1) is 12.2. The first kappa shape index (κ1) is 15.4. The third kappa shape index (κ3) is 3.10. The van der Waals surface area contributed by atoms with Crippen LogP contribution < -0.4 is 19.7 Å². The zero-order valence-corrected chi connectivity index (χ0v) is 13.3. The third-order valence-electron chi connectivity index (χ3n) is 4.13. The van der Waals surface area contributed by atoms with Crippen molar-refractivity contribution in [2.24, 2.45) is 5.92 Å². The van der Waals surface area contributed by atoms with E-state index in [1.54, 1.807) is 41.6 Å². The highest BCUT2D eigenvalue weighted by atomic mass is 16.6. The van der Waals surface area contributed by atoms with Crippen LogP contribution in [0.5, 0.6) is 11.5 Å². The zero-order chi connectivity index (χ0) is 17.2. The SMILES string of the molecule is O=C(Nc1ncccn1)[C@@H]1CC(=O)N(c2ccc3c(c2)OCCO3)C1. The van der Waals surface area contributed by atoms with Gasteiger partial charge in [-0.05, 0) is 18.2 Å². The summed E-state index contributed by atoms with van der Waals surface area (Å²) < 4.78 is 11.0. The van der Waals surface area contributed by atoms with Crippen LogP contribution in [0.2, 0.25) is 0 Å². The summed E-state index contributed by atoms with van der Waals surface area (Å²) in [5, 5.41) is 2.64. The molecule has 1 fully saturated rings. The summed E-state index contributed by atoms with van der Waals surface area (Å²) in [5.74, 6) is 0.687. The maximum Gasteiger partial charge on any atom is 0.232 e. The molecule has 2 aliphatic rings. The van der Waals surface area contributed by atoms with Crippen LogP contribution in [-0.4, -0.2) is 41.5 Å². The van der Waals surface area contributed by atoms with Crippen LogP contribution in [0.1, 0.15) is 6.42 Å². The number of hydrogen-bond donors (Lipinski definition) is 1. The Balaban J connectivity index is 1.48. The lowest BCUT2D eigenvalue weighted by atomic mass is 10.1. The van der Waals surface area contributed by atoms with E-state index in [4.69, 9.17) is 9.47 Å². The van der Waals surface area contributed by atoms with Crippen LogP contribution in [0.25, 0.3) is 0 Å². The van der Waals surface area contributed by atoms with Gasteiger partial charge in [0.15, 0.2) is 11.5 Å². The number of rotatable bonds is 3. The van der Waals surface area contributed by atoms with E-state index in [0.717, 1.165) is 0 Å². The second-order valence-electron chi connectivity index (χ2n) is 5.80. The van der Waals surface area contributed by atoms with Crippen LogP contribution >= 0.6 is 0 Å². The van der Waals surface area contributed by atoms with Crippen LogP contribution in [0, 0.1) is 5.92 Å². The van der Waals surface area contributed by atoms with E-state index < -0.39 is 5.92 Å². The summed E-state index contributed by atoms with van der Waals surface area (Å²) in [6.45, 7) is 1.29. The normalized spacial score (nSPS) is 19.0. The van der Waals surface area contributed by atoms with Crippen molar-refractivity contribution in [2.45, 2.75) is 6.42 Å². The Morgan fingerprint density at radius 1 is 1.16 bits per heavy atom. The summed E-state index contributed by atoms with van der Waals surface area (Å²) >= 11 is 0. The number of carbonyl (C=O) groups excluding carboxylic acids is 2. The average Bonchev–Trinajstić information content (AvgIpc) is 3.04. The van der Waals surface area contributed by atoms with Gasteiger partial charge in [0.2, 0.25) is 17.8 Å². The minimum absolute atomic E-state index is 0.106. The number of hydrogen-bond acceptors (Lipinski definition) is 6. The van der Waals surface area contributed by atoms with Gasteiger partial charge in [0.1, 0.15) is 13.2 Å². The molecule has 25 heavy (non-hydrogen) atoms. The monoisotopic (exact) mass is 340 g/mol. The number of nitrogens with one attached hydrogen (secondary N) is 1. The number of ether oxygens (including phenoxy) is 2. The summed E-state index contributed by atoms with van der Waals surface area (Å²) in [4.78, 5) is 34.2. The quantitative estimate of drug-likeness (QED) is 0.903. The van der Waals surface area contributed by atoms with Crippen molar-refractivity contribution in [1.29, 1.82) is 0 Å². The van der Waals surface area contributed by atoms with Gasteiger partial charge in [-0.25, -0.2) is 9.97 Å². The summed E-state index contributed by atoms with van der Waals surface area (Å²) in [6, 6.07) is 7.01. The fourth-order valence-electron chi connectivity index (χ4n) is 2.91. The predicted molar refractivity (Wildman–Crippen MR) is 88.6 cm³/mol. The van der Waals surface area contributed by atoms with Crippen molar-refractivity contribution in [1.82, 2.24) is 9.97 Å². The molecule has 0 aliphatic carbocycles. The molecule has 1 atom stereocenters. The molecule has 8 nitrogen and oxygen atoms in total. The third-order valence-corrected chi connectivity index (χ3v) is 4.13. The molecule has 0 saturated carbocycles. The Morgan fingerprint density at radius 3 is 2.72 bits per heavy atom. The molecule has 2 amide bonds. The molecule has 8 heteroatoms. The zero-order valence-electron chi connectivity index (χ0n) is 13.3. The van der Waals surface area contributed by atoms with Gasteiger partial charge in [-0.15, -0.1) is 0 Å². The highest BCUT2D eigenvalue weighted by Crippen LogP contribution is 2.36. The molecule has 4 rings (SSSR count). The van der Waals surface area contributed by atoms with E-state index in [1.807, 2.05) is 0 Å². The number of aromatic nitrogens is 2. The van der Waals surface area contributed by atoms with Gasteiger partial charge >= 0.3 is 0 Å². The lowest BCUT2D eigenvalue weighted by Crippen LogP contribution is -2.28.